The van der Waals surface area contributed by atoms with Crippen LogP contribution in [0.15, 0.2) is 17.0 Å². The maximum absolute atomic E-state index is 13.2. The van der Waals surface area contributed by atoms with Crippen molar-refractivity contribution in [2.45, 2.75) is 58.8 Å². The Morgan fingerprint density at radius 1 is 1.24 bits per heavy atom. The van der Waals surface area contributed by atoms with Gasteiger partial charge < -0.3 is 10.1 Å². The molecule has 0 saturated carbocycles. The summed E-state index contributed by atoms with van der Waals surface area (Å²) in [6.45, 7) is 12.9. The summed E-state index contributed by atoms with van der Waals surface area (Å²) in [5.74, 6) is 0.787. The van der Waals surface area contributed by atoms with Gasteiger partial charge in [0.15, 0.2) is 0 Å². The zero-order valence-electron chi connectivity index (χ0n) is 18.5. The summed E-state index contributed by atoms with van der Waals surface area (Å²) >= 11 is 0. The number of rotatable bonds is 9. The summed E-state index contributed by atoms with van der Waals surface area (Å²) in [5, 5.41) is 2.87. The van der Waals surface area contributed by atoms with Crippen molar-refractivity contribution in [3.8, 4) is 0 Å². The molecular formula is C22H36N2O4S. The van der Waals surface area contributed by atoms with Gasteiger partial charge in [0, 0.05) is 38.4 Å². The number of hydrogen-bond acceptors (Lipinski definition) is 4. The zero-order chi connectivity index (χ0) is 21.6. The first kappa shape index (κ1) is 23.8. The van der Waals surface area contributed by atoms with E-state index in [4.69, 9.17) is 4.74 Å². The molecule has 0 aliphatic carbocycles. The van der Waals surface area contributed by atoms with Gasteiger partial charge >= 0.3 is 0 Å². The van der Waals surface area contributed by atoms with Crippen LogP contribution in [0.1, 0.15) is 61.5 Å². The summed E-state index contributed by atoms with van der Waals surface area (Å²) in [4.78, 5) is 12.8. The molecule has 1 aliphatic heterocycles. The van der Waals surface area contributed by atoms with Crippen molar-refractivity contribution in [1.29, 1.82) is 0 Å². The molecular weight excluding hydrogens is 388 g/mol. The van der Waals surface area contributed by atoms with E-state index in [9.17, 15) is 13.2 Å². The summed E-state index contributed by atoms with van der Waals surface area (Å²) in [6.07, 6.45) is 2.47. The van der Waals surface area contributed by atoms with E-state index in [-0.39, 0.29) is 10.8 Å². The number of ether oxygens (including phenoxy) is 1. The molecule has 0 atom stereocenters. The zero-order valence-corrected chi connectivity index (χ0v) is 19.3. The SMILES string of the molecule is Cc1cc(C(=O)NCCCOCC(C)C)cc(S(=O)(=O)N2CCC(C)CC2)c1C. The lowest BCUT2D eigenvalue weighted by Crippen LogP contribution is -2.38. The van der Waals surface area contributed by atoms with Crippen LogP contribution in [0.2, 0.25) is 0 Å². The second-order valence-electron chi connectivity index (χ2n) is 8.58. The predicted molar refractivity (Wildman–Crippen MR) is 116 cm³/mol. The first-order valence-corrected chi connectivity index (χ1v) is 12.0. The lowest BCUT2D eigenvalue weighted by Gasteiger charge is -2.30. The van der Waals surface area contributed by atoms with Gasteiger partial charge in [0.05, 0.1) is 4.90 Å². The van der Waals surface area contributed by atoms with Gasteiger partial charge in [-0.25, -0.2) is 8.42 Å². The Morgan fingerprint density at radius 2 is 1.90 bits per heavy atom. The fourth-order valence-corrected chi connectivity index (χ4v) is 5.18. The van der Waals surface area contributed by atoms with Crippen LogP contribution in [0, 0.1) is 25.7 Å². The molecule has 0 spiro atoms. The first-order valence-electron chi connectivity index (χ1n) is 10.6. The molecule has 0 aromatic heterocycles. The third-order valence-electron chi connectivity index (χ3n) is 5.44. The Balaban J connectivity index is 2.07. The number of aryl methyl sites for hydroxylation is 1. The fourth-order valence-electron chi connectivity index (χ4n) is 3.39. The molecule has 1 aromatic carbocycles. The molecule has 0 bridgehead atoms. The molecule has 1 heterocycles. The van der Waals surface area contributed by atoms with Crippen LogP contribution in [0.5, 0.6) is 0 Å². The second kappa shape index (κ2) is 10.5. The highest BCUT2D eigenvalue weighted by atomic mass is 32.2. The topological polar surface area (TPSA) is 75.7 Å². The molecule has 29 heavy (non-hydrogen) atoms. The van der Waals surface area contributed by atoms with Crippen molar-refractivity contribution in [1.82, 2.24) is 9.62 Å². The molecule has 0 unspecified atom stereocenters. The van der Waals surface area contributed by atoms with Gasteiger partial charge in [0.25, 0.3) is 5.91 Å². The molecule has 0 radical (unpaired) electrons. The van der Waals surface area contributed by atoms with Crippen LogP contribution < -0.4 is 5.32 Å². The van der Waals surface area contributed by atoms with Crippen LogP contribution in [0.25, 0.3) is 0 Å². The number of benzene rings is 1. The van der Waals surface area contributed by atoms with Crippen molar-refractivity contribution < 1.29 is 17.9 Å². The molecule has 1 aromatic rings. The van der Waals surface area contributed by atoms with Crippen molar-refractivity contribution in [2.24, 2.45) is 11.8 Å². The number of carbonyl (C=O) groups excluding carboxylic acids is 1. The number of nitrogens with one attached hydrogen (secondary N) is 1. The van der Waals surface area contributed by atoms with Crippen molar-refractivity contribution in [2.75, 3.05) is 32.8 Å². The van der Waals surface area contributed by atoms with E-state index in [1.807, 2.05) is 13.8 Å². The maximum atomic E-state index is 13.2. The number of piperidine rings is 1. The number of amides is 1. The van der Waals surface area contributed by atoms with Gasteiger partial charge in [-0.15, -0.1) is 0 Å². The highest BCUT2D eigenvalue weighted by Gasteiger charge is 2.30. The molecule has 1 fully saturated rings. The largest absolute Gasteiger partial charge is 0.381 e. The van der Waals surface area contributed by atoms with Crippen molar-refractivity contribution >= 4 is 15.9 Å². The highest BCUT2D eigenvalue weighted by Crippen LogP contribution is 2.28. The Kier molecular flexibility index (Phi) is 8.67. The van der Waals surface area contributed by atoms with E-state index >= 15 is 0 Å². The Bertz CT molecular complexity index is 797. The van der Waals surface area contributed by atoms with Crippen molar-refractivity contribution in [3.63, 3.8) is 0 Å². The predicted octanol–water partition coefficient (Wildman–Crippen LogP) is 3.52. The first-order chi connectivity index (χ1) is 13.6. The molecule has 1 aliphatic rings. The third kappa shape index (κ3) is 6.52. The third-order valence-corrected chi connectivity index (χ3v) is 7.47. The summed E-state index contributed by atoms with van der Waals surface area (Å²) in [7, 11) is -3.60. The van der Waals surface area contributed by atoms with Crippen molar-refractivity contribution in [3.05, 3.63) is 28.8 Å². The minimum absolute atomic E-state index is 0.248. The normalized spacial score (nSPS) is 16.3. The van der Waals surface area contributed by atoms with Crippen LogP contribution in [-0.2, 0) is 14.8 Å². The van der Waals surface area contributed by atoms with E-state index in [1.54, 1.807) is 10.4 Å². The van der Waals surface area contributed by atoms with E-state index in [2.05, 4.69) is 26.1 Å². The van der Waals surface area contributed by atoms with Gasteiger partial charge in [-0.3, -0.25) is 4.79 Å². The number of carbonyl (C=O) groups is 1. The minimum Gasteiger partial charge on any atom is -0.381 e. The molecule has 7 heteroatoms. The number of hydrogen-bond donors (Lipinski definition) is 1. The van der Waals surface area contributed by atoms with E-state index < -0.39 is 10.0 Å². The lowest BCUT2D eigenvalue weighted by atomic mass is 10.0. The van der Waals surface area contributed by atoms with E-state index in [1.165, 1.54) is 6.07 Å². The van der Waals surface area contributed by atoms with E-state index in [0.717, 1.165) is 24.8 Å². The van der Waals surface area contributed by atoms with Crippen LogP contribution in [-0.4, -0.2) is 51.5 Å². The molecule has 1 amide bonds. The molecule has 6 nitrogen and oxygen atoms in total. The summed E-state index contributed by atoms with van der Waals surface area (Å²) < 4.78 is 33.5. The second-order valence-corrected chi connectivity index (χ2v) is 10.5. The minimum atomic E-state index is -3.60. The number of sulfonamides is 1. The smallest absolute Gasteiger partial charge is 0.251 e. The van der Waals surface area contributed by atoms with Gasteiger partial charge in [-0.2, -0.15) is 4.31 Å². The number of nitrogens with zero attached hydrogens (tertiary/aromatic N) is 1. The van der Waals surface area contributed by atoms with Gasteiger partial charge in [0.1, 0.15) is 0 Å². The Morgan fingerprint density at radius 3 is 2.52 bits per heavy atom. The molecule has 164 valence electrons. The van der Waals surface area contributed by atoms with Crippen LogP contribution >= 0.6 is 0 Å². The Labute approximate surface area is 176 Å². The van der Waals surface area contributed by atoms with Gasteiger partial charge in [-0.1, -0.05) is 20.8 Å². The maximum Gasteiger partial charge on any atom is 0.251 e. The molecule has 1 saturated heterocycles. The van der Waals surface area contributed by atoms with Crippen LogP contribution in [0.4, 0.5) is 0 Å². The summed E-state index contributed by atoms with van der Waals surface area (Å²) in [6, 6.07) is 3.29. The highest BCUT2D eigenvalue weighted by molar-refractivity contribution is 7.89. The van der Waals surface area contributed by atoms with Crippen LogP contribution in [0.3, 0.4) is 0 Å². The lowest BCUT2D eigenvalue weighted by molar-refractivity contribution is 0.0924. The standard InChI is InChI=1S/C22H36N2O4S/c1-16(2)15-28-12-6-9-23-22(25)20-13-18(4)19(5)21(14-20)29(26,27)24-10-7-17(3)8-11-24/h13-14,16-17H,6-12,15H2,1-5H3,(H,23,25). The molecule has 2 rings (SSSR count). The average Bonchev–Trinajstić information content (AvgIpc) is 2.66. The van der Waals surface area contributed by atoms with Gasteiger partial charge in [0.2, 0.25) is 10.0 Å². The summed E-state index contributed by atoms with van der Waals surface area (Å²) in [5.41, 5.74) is 1.91. The molecule has 1 N–H and O–H groups in total. The monoisotopic (exact) mass is 424 g/mol. The quantitative estimate of drug-likeness (QED) is 0.616. The average molecular weight is 425 g/mol. The fraction of sp³-hybridized carbons (Fsp3) is 0.682. The Hall–Kier alpha value is -1.44. The van der Waals surface area contributed by atoms with E-state index in [0.29, 0.717) is 55.8 Å². The van der Waals surface area contributed by atoms with Gasteiger partial charge in [-0.05, 0) is 68.2 Å².